The first kappa shape index (κ1) is 12.8. The first-order valence-electron chi connectivity index (χ1n) is 6.20. The molecule has 2 heterocycles. The Hall–Kier alpha value is -2.20. The molecule has 0 amide bonds. The fourth-order valence-electron chi connectivity index (χ4n) is 2.14. The molecule has 0 spiro atoms. The van der Waals surface area contributed by atoms with Gasteiger partial charge in [0, 0.05) is 18.8 Å². The van der Waals surface area contributed by atoms with Crippen LogP contribution in [0, 0.1) is 0 Å². The number of para-hydroxylation sites is 2. The topological polar surface area (TPSA) is 47.8 Å². The van der Waals surface area contributed by atoms with E-state index in [1.165, 1.54) is 6.20 Å². The van der Waals surface area contributed by atoms with Crippen molar-refractivity contribution in [1.29, 1.82) is 0 Å². The zero-order valence-electron chi connectivity index (χ0n) is 10.9. The van der Waals surface area contributed by atoms with E-state index in [2.05, 4.69) is 9.97 Å². The molecule has 0 bridgehead atoms. The average Bonchev–Trinajstić information content (AvgIpc) is 2.77. The van der Waals surface area contributed by atoms with Crippen molar-refractivity contribution in [3.05, 3.63) is 59.1 Å². The molecule has 0 fully saturated rings. The summed E-state index contributed by atoms with van der Waals surface area (Å²) >= 11 is 5.72. The second-order valence-corrected chi connectivity index (χ2v) is 4.93. The average molecular weight is 286 g/mol. The quantitative estimate of drug-likeness (QED) is 0.549. The first-order valence-corrected chi connectivity index (χ1v) is 6.58. The molecule has 0 unspecified atom stereocenters. The number of carbonyl (C=O) groups excluding carboxylic acids is 1. The maximum absolute atomic E-state index is 12.2. The summed E-state index contributed by atoms with van der Waals surface area (Å²) in [5, 5.41) is 0.379. The largest absolute Gasteiger partial charge is 0.331 e. The number of hydrogen-bond donors (Lipinski definition) is 0. The number of aromatic nitrogens is 3. The summed E-state index contributed by atoms with van der Waals surface area (Å²) in [5.41, 5.74) is 2.46. The normalized spacial score (nSPS) is 10.9. The number of nitrogens with zero attached hydrogens (tertiary/aromatic N) is 3. The number of hydrogen-bond acceptors (Lipinski definition) is 3. The van der Waals surface area contributed by atoms with Gasteiger partial charge < -0.3 is 4.57 Å². The van der Waals surface area contributed by atoms with E-state index in [0.717, 1.165) is 16.9 Å². The number of carbonyl (C=O) groups is 1. The summed E-state index contributed by atoms with van der Waals surface area (Å²) in [4.78, 5) is 20.6. The number of fused-ring (bicyclic) bond motifs is 1. The van der Waals surface area contributed by atoms with Crippen molar-refractivity contribution in [3.63, 3.8) is 0 Å². The summed E-state index contributed by atoms with van der Waals surface area (Å²) in [7, 11) is 1.91. The van der Waals surface area contributed by atoms with Gasteiger partial charge in [-0.3, -0.25) is 4.79 Å². The molecule has 5 heteroatoms. The van der Waals surface area contributed by atoms with Crippen LogP contribution in [-0.2, 0) is 13.5 Å². The Bertz CT molecular complexity index is 777. The molecule has 0 aliphatic heterocycles. The van der Waals surface area contributed by atoms with E-state index in [0.29, 0.717) is 10.7 Å². The molecule has 0 atom stereocenters. The fraction of sp³-hybridized carbons (Fsp3) is 0.133. The third kappa shape index (κ3) is 2.30. The van der Waals surface area contributed by atoms with Gasteiger partial charge in [0.05, 0.1) is 17.5 Å². The molecular weight excluding hydrogens is 274 g/mol. The van der Waals surface area contributed by atoms with Crippen LogP contribution in [-0.4, -0.2) is 20.3 Å². The molecule has 0 radical (unpaired) electrons. The van der Waals surface area contributed by atoms with Crippen molar-refractivity contribution in [2.75, 3.05) is 0 Å². The number of Topliss-reactive ketones (excluding diaryl/α,β-unsaturated/α-hetero) is 1. The Morgan fingerprint density at radius 1 is 1.25 bits per heavy atom. The zero-order valence-corrected chi connectivity index (χ0v) is 11.6. The highest BCUT2D eigenvalue weighted by Gasteiger charge is 2.13. The van der Waals surface area contributed by atoms with E-state index in [4.69, 9.17) is 11.6 Å². The molecule has 3 aromatic rings. The Morgan fingerprint density at radius 3 is 2.75 bits per heavy atom. The van der Waals surface area contributed by atoms with Crippen LogP contribution in [0.15, 0.2) is 42.6 Å². The second-order valence-electron chi connectivity index (χ2n) is 4.55. The van der Waals surface area contributed by atoms with E-state index in [9.17, 15) is 4.79 Å². The number of ketones is 1. The molecule has 3 rings (SSSR count). The summed E-state index contributed by atoms with van der Waals surface area (Å²) in [5.74, 6) is 0.721. The maximum Gasteiger partial charge on any atom is 0.171 e. The van der Waals surface area contributed by atoms with Crippen molar-refractivity contribution in [3.8, 4) is 0 Å². The van der Waals surface area contributed by atoms with Crippen molar-refractivity contribution in [2.24, 2.45) is 7.05 Å². The molecule has 0 N–H and O–H groups in total. The molecular formula is C15H12ClN3O. The Kier molecular flexibility index (Phi) is 3.24. The van der Waals surface area contributed by atoms with Gasteiger partial charge in [-0.1, -0.05) is 23.7 Å². The Balaban J connectivity index is 1.91. The molecule has 2 aromatic heterocycles. The molecule has 100 valence electrons. The molecule has 1 aromatic carbocycles. The molecule has 4 nitrogen and oxygen atoms in total. The van der Waals surface area contributed by atoms with Gasteiger partial charge in [-0.15, -0.1) is 0 Å². The first-order chi connectivity index (χ1) is 9.65. The standard InChI is InChI=1S/C15H12ClN3O/c1-19-12-5-3-2-4-11(12)18-15(19)8-13(20)10-6-7-14(16)17-9-10/h2-7,9H,8H2,1H3. The van der Waals surface area contributed by atoms with Crippen molar-refractivity contribution in [1.82, 2.24) is 14.5 Å². The third-order valence-electron chi connectivity index (χ3n) is 3.25. The van der Waals surface area contributed by atoms with E-state index < -0.39 is 0 Å². The molecule has 0 aliphatic carbocycles. The maximum atomic E-state index is 12.2. The summed E-state index contributed by atoms with van der Waals surface area (Å²) in [6, 6.07) is 11.1. The van der Waals surface area contributed by atoms with Gasteiger partial charge in [0.1, 0.15) is 11.0 Å². The minimum Gasteiger partial charge on any atom is -0.331 e. The summed E-state index contributed by atoms with van der Waals surface area (Å²) in [6.07, 6.45) is 1.74. The lowest BCUT2D eigenvalue weighted by molar-refractivity contribution is 0.0990. The molecule has 0 saturated heterocycles. The van der Waals surface area contributed by atoms with Gasteiger partial charge in [-0.05, 0) is 24.3 Å². The summed E-state index contributed by atoms with van der Waals surface area (Å²) < 4.78 is 1.94. The van der Waals surface area contributed by atoms with Gasteiger partial charge >= 0.3 is 0 Å². The zero-order chi connectivity index (χ0) is 14.1. The number of halogens is 1. The van der Waals surface area contributed by atoms with Crippen LogP contribution in [0.2, 0.25) is 5.15 Å². The van der Waals surface area contributed by atoms with Crippen LogP contribution < -0.4 is 0 Å². The second kappa shape index (κ2) is 5.06. The van der Waals surface area contributed by atoms with Crippen LogP contribution >= 0.6 is 11.6 Å². The SMILES string of the molecule is Cn1c(CC(=O)c2ccc(Cl)nc2)nc2ccccc21. The number of imidazole rings is 1. The minimum absolute atomic E-state index is 0.0208. The third-order valence-corrected chi connectivity index (χ3v) is 3.47. The Morgan fingerprint density at radius 2 is 2.05 bits per heavy atom. The van der Waals surface area contributed by atoms with E-state index in [1.807, 2.05) is 35.9 Å². The van der Waals surface area contributed by atoms with E-state index >= 15 is 0 Å². The van der Waals surface area contributed by atoms with Crippen LogP contribution in [0.3, 0.4) is 0 Å². The lowest BCUT2D eigenvalue weighted by Crippen LogP contribution is -2.08. The molecule has 0 saturated carbocycles. The predicted molar refractivity (Wildman–Crippen MR) is 78.0 cm³/mol. The predicted octanol–water partition coefficient (Wildman–Crippen LogP) is 3.05. The summed E-state index contributed by atoms with van der Waals surface area (Å²) in [6.45, 7) is 0. The highest BCUT2D eigenvalue weighted by atomic mass is 35.5. The number of aryl methyl sites for hydroxylation is 1. The van der Waals surface area contributed by atoms with Crippen LogP contribution in [0.5, 0.6) is 0 Å². The lowest BCUT2D eigenvalue weighted by Gasteiger charge is -2.02. The van der Waals surface area contributed by atoms with Gasteiger partial charge in [-0.2, -0.15) is 0 Å². The van der Waals surface area contributed by atoms with E-state index in [-0.39, 0.29) is 12.2 Å². The fourth-order valence-corrected chi connectivity index (χ4v) is 2.25. The van der Waals surface area contributed by atoms with Gasteiger partial charge in [0.2, 0.25) is 0 Å². The molecule has 0 aliphatic rings. The monoisotopic (exact) mass is 285 g/mol. The van der Waals surface area contributed by atoms with E-state index in [1.54, 1.807) is 12.1 Å². The highest BCUT2D eigenvalue weighted by molar-refractivity contribution is 6.29. The lowest BCUT2D eigenvalue weighted by atomic mass is 10.1. The number of benzene rings is 1. The van der Waals surface area contributed by atoms with Crippen LogP contribution in [0.25, 0.3) is 11.0 Å². The van der Waals surface area contributed by atoms with Crippen LogP contribution in [0.1, 0.15) is 16.2 Å². The Labute approximate surface area is 121 Å². The number of rotatable bonds is 3. The number of pyridine rings is 1. The molecule has 20 heavy (non-hydrogen) atoms. The van der Waals surface area contributed by atoms with Gasteiger partial charge in [-0.25, -0.2) is 9.97 Å². The van der Waals surface area contributed by atoms with Crippen molar-refractivity contribution < 1.29 is 4.79 Å². The smallest absolute Gasteiger partial charge is 0.171 e. The van der Waals surface area contributed by atoms with Crippen molar-refractivity contribution >= 4 is 28.4 Å². The minimum atomic E-state index is -0.0208. The van der Waals surface area contributed by atoms with Gasteiger partial charge in [0.15, 0.2) is 5.78 Å². The van der Waals surface area contributed by atoms with Gasteiger partial charge in [0.25, 0.3) is 0 Å². The highest BCUT2D eigenvalue weighted by Crippen LogP contribution is 2.16. The van der Waals surface area contributed by atoms with Crippen LogP contribution in [0.4, 0.5) is 0 Å². The van der Waals surface area contributed by atoms with Crippen molar-refractivity contribution in [2.45, 2.75) is 6.42 Å².